The summed E-state index contributed by atoms with van der Waals surface area (Å²) in [6.07, 6.45) is -5.16. The molecule has 0 saturated carbocycles. The van der Waals surface area contributed by atoms with Gasteiger partial charge < -0.3 is 0 Å². The smallest absolute Gasteiger partial charge is 0.207 e. The van der Waals surface area contributed by atoms with Crippen LogP contribution in [0.3, 0.4) is 0 Å². The first-order valence-electron chi connectivity index (χ1n) is 6.66. The lowest BCUT2D eigenvalue weighted by molar-refractivity contribution is -0.140. The van der Waals surface area contributed by atoms with Crippen LogP contribution in [0.2, 0.25) is 0 Å². The highest BCUT2D eigenvalue weighted by Gasteiger charge is 2.36. The van der Waals surface area contributed by atoms with Gasteiger partial charge in [-0.15, -0.1) is 0 Å². The molecule has 0 atom stereocenters. The zero-order valence-corrected chi connectivity index (χ0v) is 12.0. The van der Waals surface area contributed by atoms with Crippen LogP contribution in [0.1, 0.15) is 16.7 Å². The van der Waals surface area contributed by atoms with E-state index in [4.69, 9.17) is 0 Å². The molecule has 0 amide bonds. The van der Waals surface area contributed by atoms with E-state index in [1.807, 2.05) is 0 Å². The second kappa shape index (κ2) is 6.29. The van der Waals surface area contributed by atoms with Gasteiger partial charge in [0.1, 0.15) is 11.6 Å². The van der Waals surface area contributed by atoms with E-state index in [0.29, 0.717) is 12.1 Å². The average molecular weight is 336 g/mol. The predicted octanol–water partition coefficient (Wildman–Crippen LogP) is 4.51. The van der Waals surface area contributed by atoms with Crippen molar-refractivity contribution in [3.63, 3.8) is 0 Å². The summed E-state index contributed by atoms with van der Waals surface area (Å²) in [6, 6.07) is 10.4. The van der Waals surface area contributed by atoms with Crippen molar-refractivity contribution in [3.8, 4) is 12.1 Å². The van der Waals surface area contributed by atoms with Crippen molar-refractivity contribution in [1.29, 1.82) is 10.5 Å². The van der Waals surface area contributed by atoms with E-state index in [2.05, 4.69) is 0 Å². The first-order valence-corrected chi connectivity index (χ1v) is 6.66. The maximum Gasteiger partial charge on any atom is 0.419 e. The number of benzene rings is 2. The molecule has 122 valence electrons. The van der Waals surface area contributed by atoms with E-state index >= 15 is 0 Å². The summed E-state index contributed by atoms with van der Waals surface area (Å²) in [5.74, 6) is -2.05. The maximum atomic E-state index is 13.6. The Balaban J connectivity index is 2.43. The summed E-state index contributed by atoms with van der Waals surface area (Å²) in [4.78, 5) is 0. The molecule has 0 N–H and O–H groups in total. The minimum atomic E-state index is -4.83. The lowest BCUT2D eigenvalue weighted by Gasteiger charge is -2.19. The molecule has 0 aliphatic heterocycles. The molecule has 0 heterocycles. The highest BCUT2D eigenvalue weighted by Crippen LogP contribution is 2.33. The predicted molar refractivity (Wildman–Crippen MR) is 74.4 cm³/mol. The fourth-order valence-corrected chi connectivity index (χ4v) is 2.27. The van der Waals surface area contributed by atoms with Crippen LogP contribution < -0.4 is 0 Å². The molecule has 0 saturated heterocycles. The summed E-state index contributed by atoms with van der Waals surface area (Å²) in [5, 5.41) is 18.7. The average Bonchev–Trinajstić information content (AvgIpc) is 2.52. The van der Waals surface area contributed by atoms with Crippen molar-refractivity contribution >= 4 is 0 Å². The minimum Gasteiger partial charge on any atom is -0.207 e. The Kier molecular flexibility index (Phi) is 4.57. The molecule has 0 aromatic heterocycles. The van der Waals surface area contributed by atoms with Crippen molar-refractivity contribution in [2.24, 2.45) is 0 Å². The summed E-state index contributed by atoms with van der Waals surface area (Å²) in [5.41, 5.74) is -2.96. The Morgan fingerprint density at radius 3 is 1.92 bits per heavy atom. The van der Waals surface area contributed by atoms with Crippen LogP contribution in [0.25, 0.3) is 0 Å². The SMILES string of the molecule is N#CC(C#N)(Cc1ccc(C(F)(F)F)c(F)c1)c1ccc(F)cc1. The highest BCUT2D eigenvalue weighted by molar-refractivity contribution is 5.43. The Morgan fingerprint density at radius 1 is 0.875 bits per heavy atom. The number of hydrogen-bond donors (Lipinski definition) is 0. The molecule has 0 aliphatic rings. The van der Waals surface area contributed by atoms with E-state index in [9.17, 15) is 32.5 Å². The molecule has 0 fully saturated rings. The van der Waals surface area contributed by atoms with Crippen molar-refractivity contribution in [3.05, 3.63) is 70.8 Å². The van der Waals surface area contributed by atoms with E-state index in [1.54, 1.807) is 12.1 Å². The van der Waals surface area contributed by atoms with Crippen LogP contribution >= 0.6 is 0 Å². The second-order valence-corrected chi connectivity index (χ2v) is 5.12. The zero-order valence-electron chi connectivity index (χ0n) is 12.0. The van der Waals surface area contributed by atoms with Gasteiger partial charge in [0.05, 0.1) is 17.7 Å². The second-order valence-electron chi connectivity index (χ2n) is 5.12. The molecule has 2 aromatic rings. The summed E-state index contributed by atoms with van der Waals surface area (Å²) < 4.78 is 64.4. The van der Waals surface area contributed by atoms with E-state index in [0.717, 1.165) is 18.2 Å². The maximum absolute atomic E-state index is 13.6. The fourth-order valence-electron chi connectivity index (χ4n) is 2.27. The Morgan fingerprint density at radius 2 is 1.46 bits per heavy atom. The number of halogens is 5. The van der Waals surface area contributed by atoms with Crippen molar-refractivity contribution in [2.75, 3.05) is 0 Å². The number of rotatable bonds is 3. The molecule has 2 rings (SSSR count). The monoisotopic (exact) mass is 336 g/mol. The number of nitriles is 2. The van der Waals surface area contributed by atoms with Crippen LogP contribution in [0.15, 0.2) is 42.5 Å². The standard InChI is InChI=1S/C17H9F5N2/c18-13-4-2-12(3-5-13)16(9-23,10-24)8-11-1-6-14(15(19)7-11)17(20,21)22/h1-7H,8H2. The Hall–Kier alpha value is -2.93. The quantitative estimate of drug-likeness (QED) is 0.774. The van der Waals surface area contributed by atoms with Crippen LogP contribution in [0, 0.1) is 34.3 Å². The van der Waals surface area contributed by atoms with Gasteiger partial charge in [0.2, 0.25) is 0 Å². The molecule has 2 nitrogen and oxygen atoms in total. The largest absolute Gasteiger partial charge is 0.419 e. The fraction of sp³-hybridized carbons (Fsp3) is 0.176. The van der Waals surface area contributed by atoms with E-state index < -0.39 is 28.8 Å². The van der Waals surface area contributed by atoms with Gasteiger partial charge in [-0.3, -0.25) is 0 Å². The van der Waals surface area contributed by atoms with Gasteiger partial charge in [-0.1, -0.05) is 18.2 Å². The van der Waals surface area contributed by atoms with E-state index in [-0.39, 0.29) is 17.5 Å². The van der Waals surface area contributed by atoms with Gasteiger partial charge in [0, 0.05) is 6.42 Å². The van der Waals surface area contributed by atoms with Crippen molar-refractivity contribution in [1.82, 2.24) is 0 Å². The van der Waals surface area contributed by atoms with Gasteiger partial charge in [-0.05, 0) is 35.4 Å². The van der Waals surface area contributed by atoms with Gasteiger partial charge in [0.25, 0.3) is 0 Å². The van der Waals surface area contributed by atoms with Crippen LogP contribution in [0.4, 0.5) is 22.0 Å². The van der Waals surface area contributed by atoms with Gasteiger partial charge >= 0.3 is 6.18 Å². The minimum absolute atomic E-state index is 0.0490. The van der Waals surface area contributed by atoms with Crippen LogP contribution in [-0.2, 0) is 18.0 Å². The third-order valence-electron chi connectivity index (χ3n) is 3.53. The van der Waals surface area contributed by atoms with E-state index in [1.165, 1.54) is 12.1 Å². The highest BCUT2D eigenvalue weighted by atomic mass is 19.4. The molecule has 0 radical (unpaired) electrons. The molecule has 0 aliphatic carbocycles. The van der Waals surface area contributed by atoms with Crippen LogP contribution in [-0.4, -0.2) is 0 Å². The molecule has 24 heavy (non-hydrogen) atoms. The number of alkyl halides is 3. The molecule has 7 heteroatoms. The number of nitrogens with zero attached hydrogens (tertiary/aromatic N) is 2. The van der Waals surface area contributed by atoms with Crippen molar-refractivity contribution in [2.45, 2.75) is 18.0 Å². The molecular weight excluding hydrogens is 327 g/mol. The van der Waals surface area contributed by atoms with Crippen LogP contribution in [0.5, 0.6) is 0 Å². The third kappa shape index (κ3) is 3.36. The third-order valence-corrected chi connectivity index (χ3v) is 3.53. The van der Waals surface area contributed by atoms with Crippen molar-refractivity contribution < 1.29 is 22.0 Å². The van der Waals surface area contributed by atoms with Gasteiger partial charge in [-0.2, -0.15) is 23.7 Å². The molecule has 0 spiro atoms. The van der Waals surface area contributed by atoms with Gasteiger partial charge in [-0.25, -0.2) is 8.78 Å². The lowest BCUT2D eigenvalue weighted by atomic mass is 9.78. The summed E-state index contributed by atoms with van der Waals surface area (Å²) in [6.45, 7) is 0. The summed E-state index contributed by atoms with van der Waals surface area (Å²) in [7, 11) is 0. The number of hydrogen-bond acceptors (Lipinski definition) is 2. The molecule has 2 aromatic carbocycles. The van der Waals surface area contributed by atoms with Gasteiger partial charge in [0.15, 0.2) is 5.41 Å². The molecule has 0 bridgehead atoms. The Bertz CT molecular complexity index is 812. The lowest BCUT2D eigenvalue weighted by Crippen LogP contribution is -2.25. The molecule has 0 unspecified atom stereocenters. The normalized spacial score (nSPS) is 11.6. The first kappa shape index (κ1) is 17.4. The topological polar surface area (TPSA) is 47.6 Å². The Labute approximate surface area is 134 Å². The zero-order chi connectivity index (χ0) is 18.0. The summed E-state index contributed by atoms with van der Waals surface area (Å²) >= 11 is 0. The first-order chi connectivity index (χ1) is 11.2. The molecular formula is C17H9F5N2.